The van der Waals surface area contributed by atoms with E-state index < -0.39 is 0 Å². The average Bonchev–Trinajstić information content (AvgIpc) is 2.14. The molecule has 0 bridgehead atoms. The van der Waals surface area contributed by atoms with Crippen LogP contribution in [-0.2, 0) is 6.54 Å². The molecule has 0 amide bonds. The van der Waals surface area contributed by atoms with Crippen molar-refractivity contribution in [3.05, 3.63) is 34.3 Å². The predicted octanol–water partition coefficient (Wildman–Crippen LogP) is 2.30. The number of aryl methyl sites for hydroxylation is 1. The van der Waals surface area contributed by atoms with E-state index in [0.29, 0.717) is 0 Å². The van der Waals surface area contributed by atoms with Crippen LogP contribution in [0.25, 0.3) is 0 Å². The quantitative estimate of drug-likeness (QED) is 0.776. The van der Waals surface area contributed by atoms with E-state index in [2.05, 4.69) is 43.4 Å². The number of hydrogen-bond donors (Lipinski definition) is 1. The zero-order chi connectivity index (χ0) is 11.3. The molecule has 2 nitrogen and oxygen atoms in total. The first kappa shape index (κ1) is 12.5. The highest BCUT2D eigenvalue weighted by molar-refractivity contribution is 6.31. The first-order valence-electron chi connectivity index (χ1n) is 5.20. The van der Waals surface area contributed by atoms with Gasteiger partial charge in [-0.3, -0.25) is 0 Å². The molecule has 0 aliphatic rings. The van der Waals surface area contributed by atoms with Gasteiger partial charge in [-0.05, 0) is 38.2 Å². The van der Waals surface area contributed by atoms with E-state index >= 15 is 0 Å². The second-order valence-corrected chi connectivity index (χ2v) is 4.48. The van der Waals surface area contributed by atoms with Gasteiger partial charge in [-0.1, -0.05) is 23.7 Å². The van der Waals surface area contributed by atoms with Gasteiger partial charge in [0.25, 0.3) is 0 Å². The summed E-state index contributed by atoms with van der Waals surface area (Å²) in [5.74, 6) is 0. The molecule has 84 valence electrons. The van der Waals surface area contributed by atoms with Gasteiger partial charge in [0.05, 0.1) is 0 Å². The second-order valence-electron chi connectivity index (χ2n) is 4.07. The van der Waals surface area contributed by atoms with E-state index in [1.54, 1.807) is 0 Å². The third-order valence-corrected chi connectivity index (χ3v) is 2.61. The summed E-state index contributed by atoms with van der Waals surface area (Å²) in [6.07, 6.45) is 0. The fourth-order valence-electron chi connectivity index (χ4n) is 1.32. The van der Waals surface area contributed by atoms with Gasteiger partial charge in [-0.25, -0.2) is 0 Å². The van der Waals surface area contributed by atoms with Gasteiger partial charge in [0.1, 0.15) is 0 Å². The Morgan fingerprint density at radius 3 is 2.67 bits per heavy atom. The number of nitrogens with one attached hydrogen (secondary N) is 1. The maximum Gasteiger partial charge on any atom is 0.0453 e. The topological polar surface area (TPSA) is 15.3 Å². The van der Waals surface area contributed by atoms with E-state index in [1.807, 2.05) is 6.07 Å². The van der Waals surface area contributed by atoms with Crippen LogP contribution < -0.4 is 5.32 Å². The van der Waals surface area contributed by atoms with Crippen LogP contribution in [-0.4, -0.2) is 32.1 Å². The molecule has 0 saturated carbocycles. The van der Waals surface area contributed by atoms with Crippen LogP contribution >= 0.6 is 11.6 Å². The minimum absolute atomic E-state index is 0.840. The van der Waals surface area contributed by atoms with Gasteiger partial charge in [0.15, 0.2) is 0 Å². The number of rotatable bonds is 5. The third kappa shape index (κ3) is 4.65. The number of likely N-dealkylation sites (N-methyl/N-ethyl adjacent to an activating group) is 1. The van der Waals surface area contributed by atoms with Crippen molar-refractivity contribution in [3.8, 4) is 0 Å². The zero-order valence-corrected chi connectivity index (χ0v) is 10.4. The van der Waals surface area contributed by atoms with E-state index in [9.17, 15) is 0 Å². The van der Waals surface area contributed by atoms with Crippen LogP contribution in [0.5, 0.6) is 0 Å². The first-order chi connectivity index (χ1) is 7.09. The van der Waals surface area contributed by atoms with E-state index in [1.165, 1.54) is 11.1 Å². The largest absolute Gasteiger partial charge is 0.311 e. The highest BCUT2D eigenvalue weighted by Gasteiger charge is 1.99. The normalized spacial score (nSPS) is 11.0. The third-order valence-electron chi connectivity index (χ3n) is 2.26. The molecule has 3 heteroatoms. The minimum Gasteiger partial charge on any atom is -0.311 e. The second kappa shape index (κ2) is 6.11. The van der Waals surface area contributed by atoms with Crippen molar-refractivity contribution in [1.29, 1.82) is 0 Å². The van der Waals surface area contributed by atoms with Crippen molar-refractivity contribution in [2.45, 2.75) is 13.5 Å². The van der Waals surface area contributed by atoms with Crippen molar-refractivity contribution in [1.82, 2.24) is 10.2 Å². The Balaban J connectivity index is 2.37. The Kier molecular flexibility index (Phi) is 5.09. The Bertz CT molecular complexity index is 310. The molecule has 0 aromatic heterocycles. The van der Waals surface area contributed by atoms with Crippen LogP contribution in [0.2, 0.25) is 5.02 Å². The molecule has 0 atom stereocenters. The summed E-state index contributed by atoms with van der Waals surface area (Å²) >= 11 is 6.12. The SMILES string of the molecule is Cc1ccc(CNCCN(C)C)c(Cl)c1. The lowest BCUT2D eigenvalue weighted by atomic mass is 10.1. The van der Waals surface area contributed by atoms with Gasteiger partial charge in [-0.2, -0.15) is 0 Å². The fourth-order valence-corrected chi connectivity index (χ4v) is 1.62. The Morgan fingerprint density at radius 2 is 2.07 bits per heavy atom. The molecule has 1 rings (SSSR count). The van der Waals surface area contributed by atoms with Crippen molar-refractivity contribution in [3.63, 3.8) is 0 Å². The highest BCUT2D eigenvalue weighted by Crippen LogP contribution is 2.16. The van der Waals surface area contributed by atoms with Crippen LogP contribution in [0, 0.1) is 6.92 Å². The monoisotopic (exact) mass is 226 g/mol. The predicted molar refractivity (Wildman–Crippen MR) is 66.4 cm³/mol. The molecule has 0 radical (unpaired) electrons. The molecule has 0 aliphatic carbocycles. The smallest absolute Gasteiger partial charge is 0.0453 e. The molecule has 1 N–H and O–H groups in total. The summed E-state index contributed by atoms with van der Waals surface area (Å²) in [7, 11) is 4.14. The molecule has 0 unspecified atom stereocenters. The molecular formula is C12H19ClN2. The minimum atomic E-state index is 0.840. The van der Waals surface area contributed by atoms with E-state index in [4.69, 9.17) is 11.6 Å². The summed E-state index contributed by atoms with van der Waals surface area (Å²) in [6, 6.07) is 6.18. The van der Waals surface area contributed by atoms with Crippen LogP contribution in [0.15, 0.2) is 18.2 Å². The molecule has 1 aromatic carbocycles. The van der Waals surface area contributed by atoms with Gasteiger partial charge < -0.3 is 10.2 Å². The molecular weight excluding hydrogens is 208 g/mol. The number of nitrogens with zero attached hydrogens (tertiary/aromatic N) is 1. The first-order valence-corrected chi connectivity index (χ1v) is 5.58. The summed E-state index contributed by atoms with van der Waals surface area (Å²) in [4.78, 5) is 2.16. The Morgan fingerprint density at radius 1 is 1.33 bits per heavy atom. The van der Waals surface area contributed by atoms with Crippen molar-refractivity contribution in [2.75, 3.05) is 27.2 Å². The standard InChI is InChI=1S/C12H19ClN2/c1-10-4-5-11(12(13)8-10)9-14-6-7-15(2)3/h4-5,8,14H,6-7,9H2,1-3H3. The Hall–Kier alpha value is -0.570. The lowest BCUT2D eigenvalue weighted by molar-refractivity contribution is 0.400. The van der Waals surface area contributed by atoms with Gasteiger partial charge in [0.2, 0.25) is 0 Å². The van der Waals surface area contributed by atoms with Gasteiger partial charge in [-0.15, -0.1) is 0 Å². The number of halogens is 1. The summed E-state index contributed by atoms with van der Waals surface area (Å²) in [6.45, 7) is 4.92. The zero-order valence-electron chi connectivity index (χ0n) is 9.68. The molecule has 0 heterocycles. The van der Waals surface area contributed by atoms with Crippen LogP contribution in [0.4, 0.5) is 0 Å². The maximum atomic E-state index is 6.12. The lowest BCUT2D eigenvalue weighted by Crippen LogP contribution is -2.26. The van der Waals surface area contributed by atoms with Gasteiger partial charge in [0, 0.05) is 24.7 Å². The van der Waals surface area contributed by atoms with Gasteiger partial charge >= 0.3 is 0 Å². The highest BCUT2D eigenvalue weighted by atomic mass is 35.5. The summed E-state index contributed by atoms with van der Waals surface area (Å²) in [5, 5.41) is 4.22. The maximum absolute atomic E-state index is 6.12. The molecule has 0 fully saturated rings. The van der Waals surface area contributed by atoms with E-state index in [0.717, 1.165) is 24.7 Å². The lowest BCUT2D eigenvalue weighted by Gasteiger charge is -2.11. The number of benzene rings is 1. The number of hydrogen-bond acceptors (Lipinski definition) is 2. The molecule has 0 saturated heterocycles. The summed E-state index contributed by atoms with van der Waals surface area (Å²) in [5.41, 5.74) is 2.37. The van der Waals surface area contributed by atoms with Crippen LogP contribution in [0.3, 0.4) is 0 Å². The molecule has 0 aliphatic heterocycles. The summed E-state index contributed by atoms with van der Waals surface area (Å²) < 4.78 is 0. The van der Waals surface area contributed by atoms with Crippen molar-refractivity contribution in [2.24, 2.45) is 0 Å². The fraction of sp³-hybridized carbons (Fsp3) is 0.500. The van der Waals surface area contributed by atoms with Crippen molar-refractivity contribution >= 4 is 11.6 Å². The van der Waals surface area contributed by atoms with Crippen molar-refractivity contribution < 1.29 is 0 Å². The molecule has 1 aromatic rings. The molecule has 15 heavy (non-hydrogen) atoms. The van der Waals surface area contributed by atoms with E-state index in [-0.39, 0.29) is 0 Å². The Labute approximate surface area is 97.2 Å². The van der Waals surface area contributed by atoms with Crippen LogP contribution in [0.1, 0.15) is 11.1 Å². The average molecular weight is 227 g/mol. The molecule has 0 spiro atoms.